The number of hydrogen-bond donors (Lipinski definition) is 1. The number of nitrogens with zero attached hydrogens (tertiary/aromatic N) is 1. The summed E-state index contributed by atoms with van der Waals surface area (Å²) >= 11 is 0. The summed E-state index contributed by atoms with van der Waals surface area (Å²) in [6, 6.07) is 11.5. The van der Waals surface area contributed by atoms with Crippen molar-refractivity contribution in [1.82, 2.24) is 4.98 Å². The van der Waals surface area contributed by atoms with Gasteiger partial charge in [0.25, 0.3) is 0 Å². The van der Waals surface area contributed by atoms with Gasteiger partial charge in [-0.1, -0.05) is 36.9 Å². The third-order valence-electron chi connectivity index (χ3n) is 2.61. The van der Waals surface area contributed by atoms with Crippen molar-refractivity contribution in [3.63, 3.8) is 0 Å². The van der Waals surface area contributed by atoms with Gasteiger partial charge in [-0.2, -0.15) is 0 Å². The summed E-state index contributed by atoms with van der Waals surface area (Å²) in [7, 11) is 0. The molecule has 0 aliphatic heterocycles. The maximum absolute atomic E-state index is 9.13. The molecule has 0 radical (unpaired) electrons. The second kappa shape index (κ2) is 5.98. The van der Waals surface area contributed by atoms with Crippen LogP contribution in [0.2, 0.25) is 0 Å². The molecule has 2 aromatic rings. The summed E-state index contributed by atoms with van der Waals surface area (Å²) in [5.74, 6) is 0.618. The van der Waals surface area contributed by atoms with E-state index >= 15 is 0 Å². The van der Waals surface area contributed by atoms with Crippen molar-refractivity contribution in [3.05, 3.63) is 66.0 Å². The van der Waals surface area contributed by atoms with Crippen LogP contribution in [-0.4, -0.2) is 10.1 Å². The van der Waals surface area contributed by atoms with Gasteiger partial charge in [0.15, 0.2) is 0 Å². The molecule has 0 saturated carbocycles. The number of aromatic nitrogens is 1. The maximum Gasteiger partial charge on any atom is 0.143 e. The molecular formula is C15H15NO2. The molecule has 0 saturated heterocycles. The van der Waals surface area contributed by atoms with E-state index in [2.05, 4.69) is 11.6 Å². The Bertz CT molecular complexity index is 520. The van der Waals surface area contributed by atoms with E-state index in [4.69, 9.17) is 9.84 Å². The van der Waals surface area contributed by atoms with Crippen LogP contribution < -0.4 is 4.74 Å². The van der Waals surface area contributed by atoms with Crippen molar-refractivity contribution < 1.29 is 9.84 Å². The third kappa shape index (κ3) is 2.96. The quantitative estimate of drug-likeness (QED) is 0.875. The Kier molecular flexibility index (Phi) is 4.10. The normalized spacial score (nSPS) is 10.1. The number of pyridine rings is 1. The Labute approximate surface area is 106 Å². The molecule has 92 valence electrons. The fourth-order valence-corrected chi connectivity index (χ4v) is 1.58. The molecule has 1 N–H and O–H groups in total. The van der Waals surface area contributed by atoms with Gasteiger partial charge in [-0.05, 0) is 23.3 Å². The number of ether oxygens (including phenoxy) is 1. The molecule has 0 aliphatic rings. The predicted molar refractivity (Wildman–Crippen MR) is 71.0 cm³/mol. The molecule has 3 nitrogen and oxygen atoms in total. The van der Waals surface area contributed by atoms with Gasteiger partial charge >= 0.3 is 0 Å². The average Bonchev–Trinajstić information content (AvgIpc) is 2.46. The summed E-state index contributed by atoms with van der Waals surface area (Å²) in [4.78, 5) is 4.05. The molecule has 2 rings (SSSR count). The fraction of sp³-hybridized carbons (Fsp3) is 0.133. The fourth-order valence-electron chi connectivity index (χ4n) is 1.58. The molecule has 3 heteroatoms. The lowest BCUT2D eigenvalue weighted by atomic mass is 10.1. The van der Waals surface area contributed by atoms with Crippen LogP contribution >= 0.6 is 0 Å². The SMILES string of the molecule is C=Cc1ccc(COc2cccnc2CO)cc1. The van der Waals surface area contributed by atoms with Gasteiger partial charge in [-0.3, -0.25) is 4.98 Å². The highest BCUT2D eigenvalue weighted by atomic mass is 16.5. The van der Waals surface area contributed by atoms with Crippen LogP contribution in [0, 0.1) is 0 Å². The monoisotopic (exact) mass is 241 g/mol. The molecule has 1 aromatic carbocycles. The molecule has 1 aromatic heterocycles. The van der Waals surface area contributed by atoms with Crippen LogP contribution in [0.3, 0.4) is 0 Å². The van der Waals surface area contributed by atoms with Crippen molar-refractivity contribution in [1.29, 1.82) is 0 Å². The topological polar surface area (TPSA) is 42.4 Å². The molecule has 0 atom stereocenters. The minimum Gasteiger partial charge on any atom is -0.487 e. The molecule has 0 fully saturated rings. The van der Waals surface area contributed by atoms with Gasteiger partial charge in [0.2, 0.25) is 0 Å². The van der Waals surface area contributed by atoms with E-state index in [1.807, 2.05) is 24.3 Å². The first-order valence-corrected chi connectivity index (χ1v) is 5.72. The van der Waals surface area contributed by atoms with E-state index in [9.17, 15) is 0 Å². The Hall–Kier alpha value is -2.13. The summed E-state index contributed by atoms with van der Waals surface area (Å²) < 4.78 is 5.64. The summed E-state index contributed by atoms with van der Waals surface area (Å²) in [6.45, 7) is 4.04. The zero-order chi connectivity index (χ0) is 12.8. The van der Waals surface area contributed by atoms with Crippen LogP contribution in [-0.2, 0) is 13.2 Å². The first-order valence-electron chi connectivity index (χ1n) is 5.72. The van der Waals surface area contributed by atoms with Gasteiger partial charge in [-0.15, -0.1) is 0 Å². The third-order valence-corrected chi connectivity index (χ3v) is 2.61. The van der Waals surface area contributed by atoms with Crippen molar-refractivity contribution in [2.75, 3.05) is 0 Å². The molecule has 0 unspecified atom stereocenters. The van der Waals surface area contributed by atoms with E-state index in [-0.39, 0.29) is 6.61 Å². The molecule has 18 heavy (non-hydrogen) atoms. The Balaban J connectivity index is 2.04. The van der Waals surface area contributed by atoms with Gasteiger partial charge in [-0.25, -0.2) is 0 Å². The largest absolute Gasteiger partial charge is 0.487 e. The van der Waals surface area contributed by atoms with E-state index in [1.165, 1.54) is 0 Å². The highest BCUT2D eigenvalue weighted by Gasteiger charge is 2.03. The van der Waals surface area contributed by atoms with Crippen LogP contribution in [0.1, 0.15) is 16.8 Å². The average molecular weight is 241 g/mol. The smallest absolute Gasteiger partial charge is 0.143 e. The first kappa shape index (κ1) is 12.3. The zero-order valence-corrected chi connectivity index (χ0v) is 10.0. The lowest BCUT2D eigenvalue weighted by molar-refractivity contribution is 0.253. The van der Waals surface area contributed by atoms with Gasteiger partial charge < -0.3 is 9.84 Å². The molecule has 0 amide bonds. The second-order valence-corrected chi connectivity index (χ2v) is 3.84. The lowest BCUT2D eigenvalue weighted by Crippen LogP contribution is -2.00. The molecule has 0 aliphatic carbocycles. The number of benzene rings is 1. The van der Waals surface area contributed by atoms with Gasteiger partial charge in [0.1, 0.15) is 18.1 Å². The van der Waals surface area contributed by atoms with Crippen molar-refractivity contribution in [3.8, 4) is 5.75 Å². The Morgan fingerprint density at radius 2 is 2.00 bits per heavy atom. The number of aliphatic hydroxyl groups is 1. The van der Waals surface area contributed by atoms with Gasteiger partial charge in [0.05, 0.1) is 6.61 Å². The predicted octanol–water partition coefficient (Wildman–Crippen LogP) is 2.80. The zero-order valence-electron chi connectivity index (χ0n) is 10.0. The number of hydrogen-bond acceptors (Lipinski definition) is 3. The molecular weight excluding hydrogens is 226 g/mol. The van der Waals surface area contributed by atoms with Crippen molar-refractivity contribution in [2.45, 2.75) is 13.2 Å². The van der Waals surface area contributed by atoms with E-state index < -0.39 is 0 Å². The molecule has 1 heterocycles. The Morgan fingerprint density at radius 3 is 2.67 bits per heavy atom. The highest BCUT2D eigenvalue weighted by Crippen LogP contribution is 2.17. The summed E-state index contributed by atoms with van der Waals surface area (Å²) in [5.41, 5.74) is 2.70. The van der Waals surface area contributed by atoms with Crippen molar-refractivity contribution in [2.24, 2.45) is 0 Å². The van der Waals surface area contributed by atoms with E-state index in [0.29, 0.717) is 18.1 Å². The van der Waals surface area contributed by atoms with Crippen LogP contribution in [0.25, 0.3) is 6.08 Å². The highest BCUT2D eigenvalue weighted by molar-refractivity contribution is 5.47. The summed E-state index contributed by atoms with van der Waals surface area (Å²) in [6.07, 6.45) is 3.44. The molecule has 0 spiro atoms. The lowest BCUT2D eigenvalue weighted by Gasteiger charge is -2.09. The van der Waals surface area contributed by atoms with Crippen molar-refractivity contribution >= 4 is 6.08 Å². The van der Waals surface area contributed by atoms with Crippen LogP contribution in [0.5, 0.6) is 5.75 Å². The van der Waals surface area contributed by atoms with E-state index in [0.717, 1.165) is 11.1 Å². The second-order valence-electron chi connectivity index (χ2n) is 3.84. The first-order chi connectivity index (χ1) is 8.83. The van der Waals surface area contributed by atoms with E-state index in [1.54, 1.807) is 24.4 Å². The minimum absolute atomic E-state index is 0.119. The van der Waals surface area contributed by atoms with Crippen LogP contribution in [0.15, 0.2) is 49.2 Å². The Morgan fingerprint density at radius 1 is 1.22 bits per heavy atom. The standard InChI is InChI=1S/C15H15NO2/c1-2-12-5-7-13(8-6-12)11-18-15-4-3-9-16-14(15)10-17/h2-9,17H,1,10-11H2. The number of rotatable bonds is 5. The molecule has 0 bridgehead atoms. The van der Waals surface area contributed by atoms with Crippen LogP contribution in [0.4, 0.5) is 0 Å². The van der Waals surface area contributed by atoms with Gasteiger partial charge in [0, 0.05) is 6.20 Å². The minimum atomic E-state index is -0.119. The number of aliphatic hydroxyl groups excluding tert-OH is 1. The summed E-state index contributed by atoms with van der Waals surface area (Å²) in [5, 5.41) is 9.13. The maximum atomic E-state index is 9.13.